The van der Waals surface area contributed by atoms with Crippen LogP contribution in [0.5, 0.6) is 0 Å². The molecule has 0 unspecified atom stereocenters. The minimum Gasteiger partial charge on any atom is -0.356 e. The van der Waals surface area contributed by atoms with E-state index in [1.807, 2.05) is 6.07 Å². The Balaban J connectivity index is 0.00000576. The van der Waals surface area contributed by atoms with Crippen molar-refractivity contribution in [3.8, 4) is 0 Å². The van der Waals surface area contributed by atoms with Gasteiger partial charge < -0.3 is 10.6 Å². The average Bonchev–Trinajstić information content (AvgIpc) is 2.48. The largest absolute Gasteiger partial charge is 0.401 e. The van der Waals surface area contributed by atoms with Gasteiger partial charge in [-0.2, -0.15) is 13.2 Å². The molecule has 2 N–H and O–H groups in total. The highest BCUT2D eigenvalue weighted by Gasteiger charge is 2.28. The highest BCUT2D eigenvalue weighted by Crippen LogP contribution is 2.15. The van der Waals surface area contributed by atoms with E-state index < -0.39 is 12.7 Å². The molecule has 0 amide bonds. The number of rotatable bonds is 8. The topological polar surface area (TPSA) is 39.7 Å². The molecule has 0 heterocycles. The van der Waals surface area contributed by atoms with Crippen LogP contribution in [0.2, 0.25) is 0 Å². The lowest BCUT2D eigenvalue weighted by Gasteiger charge is -2.19. The molecule has 4 nitrogen and oxygen atoms in total. The van der Waals surface area contributed by atoms with E-state index in [1.165, 1.54) is 24.1 Å². The maximum atomic E-state index is 13.1. The van der Waals surface area contributed by atoms with Gasteiger partial charge in [0.05, 0.1) is 6.54 Å². The van der Waals surface area contributed by atoms with Gasteiger partial charge in [0.15, 0.2) is 5.96 Å². The summed E-state index contributed by atoms with van der Waals surface area (Å²) in [5.74, 6) is 0.308. The summed E-state index contributed by atoms with van der Waals surface area (Å²) in [6.45, 7) is 0.527. The molecule has 0 bridgehead atoms. The number of halogens is 5. The normalized spacial score (nSPS) is 12.0. The van der Waals surface area contributed by atoms with Crippen molar-refractivity contribution in [1.29, 1.82) is 0 Å². The number of nitrogens with zero attached hydrogens (tertiary/aromatic N) is 2. The molecule has 0 aliphatic heterocycles. The molecule has 0 radical (unpaired) electrons. The fourth-order valence-corrected chi connectivity index (χ4v) is 2.18. The quantitative estimate of drug-likeness (QED) is 0.199. The number of nitrogens with one attached hydrogen (secondary N) is 2. The zero-order valence-corrected chi connectivity index (χ0v) is 16.7. The molecule has 0 saturated heterocycles. The third-order valence-corrected chi connectivity index (χ3v) is 3.28. The predicted molar refractivity (Wildman–Crippen MR) is 103 cm³/mol. The van der Waals surface area contributed by atoms with Crippen molar-refractivity contribution in [3.63, 3.8) is 0 Å². The van der Waals surface area contributed by atoms with Crippen LogP contribution in [0.25, 0.3) is 0 Å². The van der Waals surface area contributed by atoms with Crippen LogP contribution >= 0.6 is 24.0 Å². The number of benzene rings is 1. The van der Waals surface area contributed by atoms with Crippen LogP contribution in [-0.2, 0) is 6.42 Å². The fraction of sp³-hybridized carbons (Fsp3) is 0.562. The van der Waals surface area contributed by atoms with Crippen LogP contribution in [0.4, 0.5) is 17.6 Å². The van der Waals surface area contributed by atoms with E-state index in [9.17, 15) is 17.6 Å². The molecule has 0 aliphatic carbocycles. The summed E-state index contributed by atoms with van der Waals surface area (Å²) in [5.41, 5.74) is 0.881. The zero-order chi connectivity index (χ0) is 18.0. The van der Waals surface area contributed by atoms with Crippen molar-refractivity contribution in [2.24, 2.45) is 4.99 Å². The second kappa shape index (κ2) is 12.3. The van der Waals surface area contributed by atoms with Gasteiger partial charge in [0, 0.05) is 20.1 Å². The Bertz CT molecular complexity index is 523. The number of aliphatic imine (C=N–C) groups is 1. The van der Waals surface area contributed by atoms with Crippen LogP contribution in [0.15, 0.2) is 29.3 Å². The third kappa shape index (κ3) is 12.0. The van der Waals surface area contributed by atoms with Gasteiger partial charge in [-0.1, -0.05) is 12.1 Å². The zero-order valence-electron chi connectivity index (χ0n) is 14.4. The van der Waals surface area contributed by atoms with E-state index in [2.05, 4.69) is 15.6 Å². The Morgan fingerprint density at radius 2 is 1.88 bits per heavy atom. The third-order valence-electron chi connectivity index (χ3n) is 3.28. The summed E-state index contributed by atoms with van der Waals surface area (Å²) < 4.78 is 49.6. The van der Waals surface area contributed by atoms with E-state index >= 15 is 0 Å². The average molecular weight is 476 g/mol. The highest BCUT2D eigenvalue weighted by atomic mass is 127. The van der Waals surface area contributed by atoms with Gasteiger partial charge in [-0.05, 0) is 44.1 Å². The molecule has 144 valence electrons. The van der Waals surface area contributed by atoms with E-state index in [4.69, 9.17) is 0 Å². The second-order valence-electron chi connectivity index (χ2n) is 5.51. The standard InChI is InChI=1S/C16H24F4N4.HI/c1-21-15(22-8-4-10-24(2)12-16(18,19)20)23-9-7-13-5-3-6-14(17)11-13;/h3,5-6,11H,4,7-10,12H2,1-2H3,(H2,21,22,23);1H. The molecule has 25 heavy (non-hydrogen) atoms. The minimum atomic E-state index is -4.17. The maximum Gasteiger partial charge on any atom is 0.401 e. The van der Waals surface area contributed by atoms with E-state index in [0.29, 0.717) is 38.4 Å². The number of hydrogen-bond acceptors (Lipinski definition) is 2. The molecular formula is C16H25F4IN4. The Labute approximate surface area is 163 Å². The molecule has 9 heteroatoms. The lowest BCUT2D eigenvalue weighted by Crippen LogP contribution is -2.40. The van der Waals surface area contributed by atoms with E-state index in [1.54, 1.807) is 13.1 Å². The first kappa shape index (κ1) is 23.9. The number of guanidine groups is 1. The van der Waals surface area contributed by atoms with Crippen molar-refractivity contribution < 1.29 is 17.6 Å². The number of hydrogen-bond donors (Lipinski definition) is 2. The molecule has 1 aromatic carbocycles. The molecule has 1 rings (SSSR count). The van der Waals surface area contributed by atoms with Gasteiger partial charge in [-0.3, -0.25) is 9.89 Å². The van der Waals surface area contributed by atoms with Crippen molar-refractivity contribution in [2.75, 3.05) is 40.3 Å². The van der Waals surface area contributed by atoms with Crippen molar-refractivity contribution in [3.05, 3.63) is 35.6 Å². The van der Waals surface area contributed by atoms with Crippen LogP contribution in [0, 0.1) is 5.82 Å². The summed E-state index contributed by atoms with van der Waals surface area (Å²) in [6, 6.07) is 6.38. The van der Waals surface area contributed by atoms with Crippen molar-refractivity contribution >= 4 is 29.9 Å². The van der Waals surface area contributed by atoms with Crippen LogP contribution in [-0.4, -0.2) is 57.3 Å². The first-order chi connectivity index (χ1) is 11.3. The molecular weight excluding hydrogens is 451 g/mol. The Hall–Kier alpha value is -1.10. The first-order valence-electron chi connectivity index (χ1n) is 7.74. The summed E-state index contributed by atoms with van der Waals surface area (Å²) in [5, 5.41) is 6.13. The van der Waals surface area contributed by atoms with Gasteiger partial charge in [0.1, 0.15) is 5.82 Å². The fourth-order valence-electron chi connectivity index (χ4n) is 2.18. The lowest BCUT2D eigenvalue weighted by molar-refractivity contribution is -0.143. The molecule has 0 aliphatic rings. The first-order valence-corrected chi connectivity index (χ1v) is 7.74. The Morgan fingerprint density at radius 1 is 1.20 bits per heavy atom. The summed E-state index contributed by atoms with van der Waals surface area (Å²) in [6.07, 6.45) is -2.96. The molecule has 0 aromatic heterocycles. The predicted octanol–water partition coefficient (Wildman–Crippen LogP) is 3.04. The lowest BCUT2D eigenvalue weighted by atomic mass is 10.1. The smallest absolute Gasteiger partial charge is 0.356 e. The van der Waals surface area contributed by atoms with Crippen LogP contribution in [0.3, 0.4) is 0 Å². The molecule has 0 saturated carbocycles. The molecule has 1 aromatic rings. The summed E-state index contributed by atoms with van der Waals surface area (Å²) >= 11 is 0. The van der Waals surface area contributed by atoms with Gasteiger partial charge in [0.2, 0.25) is 0 Å². The van der Waals surface area contributed by atoms with Crippen LogP contribution < -0.4 is 10.6 Å². The van der Waals surface area contributed by atoms with Gasteiger partial charge in [-0.15, -0.1) is 24.0 Å². The maximum absolute atomic E-state index is 13.1. The SMILES string of the molecule is CN=C(NCCCN(C)CC(F)(F)F)NCCc1cccc(F)c1.I. The minimum absolute atomic E-state index is 0. The molecule has 0 spiro atoms. The van der Waals surface area contributed by atoms with E-state index in [-0.39, 0.29) is 29.8 Å². The van der Waals surface area contributed by atoms with Gasteiger partial charge in [0.25, 0.3) is 0 Å². The van der Waals surface area contributed by atoms with Crippen LogP contribution in [0.1, 0.15) is 12.0 Å². The molecule has 0 atom stereocenters. The monoisotopic (exact) mass is 476 g/mol. The number of alkyl halides is 3. The van der Waals surface area contributed by atoms with E-state index in [0.717, 1.165) is 5.56 Å². The van der Waals surface area contributed by atoms with Gasteiger partial charge >= 0.3 is 6.18 Å². The van der Waals surface area contributed by atoms with Crippen molar-refractivity contribution in [2.45, 2.75) is 19.0 Å². The Kier molecular flexibility index (Phi) is 11.7. The Morgan fingerprint density at radius 3 is 2.48 bits per heavy atom. The van der Waals surface area contributed by atoms with Crippen molar-refractivity contribution in [1.82, 2.24) is 15.5 Å². The second-order valence-corrected chi connectivity index (χ2v) is 5.51. The van der Waals surface area contributed by atoms with Gasteiger partial charge in [-0.25, -0.2) is 4.39 Å². The summed E-state index contributed by atoms with van der Waals surface area (Å²) in [4.78, 5) is 5.28. The highest BCUT2D eigenvalue weighted by molar-refractivity contribution is 14.0. The molecule has 0 fully saturated rings. The summed E-state index contributed by atoms with van der Waals surface area (Å²) in [7, 11) is 3.06.